The van der Waals surface area contributed by atoms with E-state index in [9.17, 15) is 0 Å². The molecule has 25 heavy (non-hydrogen) atoms. The summed E-state index contributed by atoms with van der Waals surface area (Å²) in [6, 6.07) is 0. The number of guanidine groups is 1. The Morgan fingerprint density at radius 1 is 1.04 bits per heavy atom. The Labute approximate surface area is 155 Å². The van der Waals surface area contributed by atoms with E-state index in [0.29, 0.717) is 0 Å². The summed E-state index contributed by atoms with van der Waals surface area (Å²) in [5.74, 6) is 1.97. The first-order valence-corrected chi connectivity index (χ1v) is 10.7. The molecular formula is C20H40N4O. The maximum Gasteiger partial charge on any atom is 0.191 e. The number of ether oxygens (including phenoxy) is 1. The van der Waals surface area contributed by atoms with E-state index in [2.05, 4.69) is 22.5 Å². The minimum absolute atomic E-state index is 0.899. The van der Waals surface area contributed by atoms with Gasteiger partial charge in [0.15, 0.2) is 5.96 Å². The van der Waals surface area contributed by atoms with Crippen molar-refractivity contribution in [2.45, 2.75) is 64.7 Å². The van der Waals surface area contributed by atoms with Crippen LogP contribution in [-0.2, 0) is 4.74 Å². The van der Waals surface area contributed by atoms with E-state index in [1.54, 1.807) is 0 Å². The topological polar surface area (TPSA) is 48.9 Å². The molecule has 0 spiro atoms. The molecule has 0 unspecified atom stereocenters. The molecule has 2 aliphatic rings. The predicted octanol–water partition coefficient (Wildman–Crippen LogP) is 3.01. The van der Waals surface area contributed by atoms with Gasteiger partial charge in [-0.3, -0.25) is 9.89 Å². The van der Waals surface area contributed by atoms with Crippen LogP contribution in [0.1, 0.15) is 64.7 Å². The molecule has 1 aliphatic heterocycles. The SMILES string of the molecule is CCNC(=NCCCC1CCCCC1)NCCCCN1CCOCC1. The summed E-state index contributed by atoms with van der Waals surface area (Å²) >= 11 is 0. The number of hydrogen-bond acceptors (Lipinski definition) is 3. The molecule has 0 amide bonds. The predicted molar refractivity (Wildman–Crippen MR) is 106 cm³/mol. The van der Waals surface area contributed by atoms with Gasteiger partial charge in [-0.2, -0.15) is 0 Å². The zero-order chi connectivity index (χ0) is 17.6. The lowest BCUT2D eigenvalue weighted by Crippen LogP contribution is -2.39. The van der Waals surface area contributed by atoms with Crippen molar-refractivity contribution < 1.29 is 4.74 Å². The first kappa shape index (κ1) is 20.5. The standard InChI is InChI=1S/C20H40N4O/c1-2-21-20(23-13-8-11-19-9-4-3-5-10-19)22-12-6-7-14-24-15-17-25-18-16-24/h19H,2-18H2,1H3,(H2,21,22,23). The van der Waals surface area contributed by atoms with Gasteiger partial charge in [-0.25, -0.2) is 0 Å². The second-order valence-corrected chi connectivity index (χ2v) is 7.49. The molecule has 0 aromatic heterocycles. The monoisotopic (exact) mass is 352 g/mol. The number of nitrogens with one attached hydrogen (secondary N) is 2. The summed E-state index contributed by atoms with van der Waals surface area (Å²) in [6.45, 7) is 10.2. The molecule has 0 atom stereocenters. The first-order valence-electron chi connectivity index (χ1n) is 10.7. The molecule has 2 rings (SSSR count). The molecule has 5 nitrogen and oxygen atoms in total. The number of hydrogen-bond donors (Lipinski definition) is 2. The highest BCUT2D eigenvalue weighted by atomic mass is 16.5. The van der Waals surface area contributed by atoms with Crippen LogP contribution in [0, 0.1) is 5.92 Å². The molecule has 0 aromatic rings. The Bertz CT molecular complexity index is 350. The van der Waals surface area contributed by atoms with Gasteiger partial charge < -0.3 is 15.4 Å². The second-order valence-electron chi connectivity index (χ2n) is 7.49. The number of unbranched alkanes of at least 4 members (excludes halogenated alkanes) is 1. The summed E-state index contributed by atoms with van der Waals surface area (Å²) in [5, 5.41) is 6.87. The van der Waals surface area contributed by atoms with Crippen LogP contribution in [0.4, 0.5) is 0 Å². The number of rotatable bonds is 10. The van der Waals surface area contributed by atoms with Gasteiger partial charge in [0, 0.05) is 32.7 Å². The summed E-state index contributed by atoms with van der Waals surface area (Å²) in [4.78, 5) is 7.26. The van der Waals surface area contributed by atoms with Gasteiger partial charge in [-0.15, -0.1) is 0 Å². The van der Waals surface area contributed by atoms with Gasteiger partial charge in [0.2, 0.25) is 0 Å². The third-order valence-corrected chi connectivity index (χ3v) is 5.41. The zero-order valence-electron chi connectivity index (χ0n) is 16.4. The number of nitrogens with zero attached hydrogens (tertiary/aromatic N) is 2. The molecule has 0 bridgehead atoms. The van der Waals surface area contributed by atoms with Crippen LogP contribution in [0.15, 0.2) is 4.99 Å². The Morgan fingerprint density at radius 2 is 1.84 bits per heavy atom. The van der Waals surface area contributed by atoms with Crippen molar-refractivity contribution in [2.24, 2.45) is 10.9 Å². The molecule has 1 aliphatic carbocycles. The highest BCUT2D eigenvalue weighted by molar-refractivity contribution is 5.79. The second kappa shape index (κ2) is 13.4. The number of morpholine rings is 1. The number of aliphatic imine (C=N–C) groups is 1. The van der Waals surface area contributed by atoms with Gasteiger partial charge in [0.25, 0.3) is 0 Å². The Balaban J connectivity index is 1.52. The molecule has 146 valence electrons. The summed E-state index contributed by atoms with van der Waals surface area (Å²) in [6.07, 6.45) is 12.3. The molecule has 0 radical (unpaired) electrons. The lowest BCUT2D eigenvalue weighted by Gasteiger charge is -2.26. The first-order chi connectivity index (χ1) is 12.4. The molecule has 1 heterocycles. The summed E-state index contributed by atoms with van der Waals surface area (Å²) in [7, 11) is 0. The van der Waals surface area contributed by atoms with E-state index in [1.807, 2.05) is 0 Å². The van der Waals surface area contributed by atoms with E-state index in [0.717, 1.165) is 57.8 Å². The van der Waals surface area contributed by atoms with E-state index >= 15 is 0 Å². The van der Waals surface area contributed by atoms with E-state index in [1.165, 1.54) is 64.3 Å². The van der Waals surface area contributed by atoms with Crippen molar-refractivity contribution in [2.75, 3.05) is 52.5 Å². The van der Waals surface area contributed by atoms with E-state index in [4.69, 9.17) is 9.73 Å². The Kier molecular flexibility index (Phi) is 11.0. The molecule has 1 saturated carbocycles. The van der Waals surface area contributed by atoms with Crippen molar-refractivity contribution in [1.82, 2.24) is 15.5 Å². The minimum Gasteiger partial charge on any atom is -0.379 e. The minimum atomic E-state index is 0.899. The van der Waals surface area contributed by atoms with Crippen LogP contribution in [-0.4, -0.2) is 63.3 Å². The van der Waals surface area contributed by atoms with Crippen LogP contribution >= 0.6 is 0 Å². The molecule has 1 saturated heterocycles. The zero-order valence-corrected chi connectivity index (χ0v) is 16.4. The largest absolute Gasteiger partial charge is 0.379 e. The third kappa shape index (κ3) is 9.45. The van der Waals surface area contributed by atoms with Crippen molar-refractivity contribution >= 4 is 5.96 Å². The quantitative estimate of drug-likeness (QED) is 0.360. The van der Waals surface area contributed by atoms with Crippen LogP contribution < -0.4 is 10.6 Å². The van der Waals surface area contributed by atoms with Gasteiger partial charge in [0.1, 0.15) is 0 Å². The Hall–Kier alpha value is -0.810. The van der Waals surface area contributed by atoms with Gasteiger partial charge >= 0.3 is 0 Å². The normalized spacial score (nSPS) is 20.6. The lowest BCUT2D eigenvalue weighted by molar-refractivity contribution is 0.0372. The lowest BCUT2D eigenvalue weighted by atomic mass is 9.86. The molecule has 2 N–H and O–H groups in total. The fourth-order valence-electron chi connectivity index (χ4n) is 3.88. The smallest absolute Gasteiger partial charge is 0.191 e. The van der Waals surface area contributed by atoms with Gasteiger partial charge in [0.05, 0.1) is 13.2 Å². The fourth-order valence-corrected chi connectivity index (χ4v) is 3.88. The van der Waals surface area contributed by atoms with E-state index in [-0.39, 0.29) is 0 Å². The van der Waals surface area contributed by atoms with Crippen LogP contribution in [0.5, 0.6) is 0 Å². The summed E-state index contributed by atoms with van der Waals surface area (Å²) in [5.41, 5.74) is 0. The maximum atomic E-state index is 5.39. The molecular weight excluding hydrogens is 312 g/mol. The average Bonchev–Trinajstić information content (AvgIpc) is 2.66. The van der Waals surface area contributed by atoms with Gasteiger partial charge in [-0.1, -0.05) is 32.1 Å². The van der Waals surface area contributed by atoms with Crippen molar-refractivity contribution in [1.29, 1.82) is 0 Å². The van der Waals surface area contributed by atoms with Crippen LogP contribution in [0.3, 0.4) is 0 Å². The molecule has 5 heteroatoms. The van der Waals surface area contributed by atoms with Crippen LogP contribution in [0.2, 0.25) is 0 Å². The van der Waals surface area contributed by atoms with Crippen molar-refractivity contribution in [3.63, 3.8) is 0 Å². The maximum absolute atomic E-state index is 5.39. The average molecular weight is 353 g/mol. The van der Waals surface area contributed by atoms with Gasteiger partial charge in [-0.05, 0) is 45.1 Å². The summed E-state index contributed by atoms with van der Waals surface area (Å²) < 4.78 is 5.39. The fraction of sp³-hybridized carbons (Fsp3) is 0.950. The highest BCUT2D eigenvalue weighted by Gasteiger charge is 2.12. The third-order valence-electron chi connectivity index (χ3n) is 5.41. The Morgan fingerprint density at radius 3 is 2.60 bits per heavy atom. The van der Waals surface area contributed by atoms with Crippen molar-refractivity contribution in [3.8, 4) is 0 Å². The highest BCUT2D eigenvalue weighted by Crippen LogP contribution is 2.27. The van der Waals surface area contributed by atoms with E-state index < -0.39 is 0 Å². The van der Waals surface area contributed by atoms with Crippen LogP contribution in [0.25, 0.3) is 0 Å². The molecule has 2 fully saturated rings. The van der Waals surface area contributed by atoms with Crippen molar-refractivity contribution in [3.05, 3.63) is 0 Å². The molecule has 0 aromatic carbocycles.